The van der Waals surface area contributed by atoms with Crippen molar-refractivity contribution in [3.05, 3.63) is 0 Å². The van der Waals surface area contributed by atoms with E-state index in [9.17, 15) is 14.7 Å². The summed E-state index contributed by atoms with van der Waals surface area (Å²) in [5, 5.41) is 11.9. The van der Waals surface area contributed by atoms with Crippen molar-refractivity contribution in [2.24, 2.45) is 5.92 Å². The Labute approximate surface area is 118 Å². The summed E-state index contributed by atoms with van der Waals surface area (Å²) in [4.78, 5) is 23.3. The molecule has 0 spiro atoms. The maximum atomic E-state index is 12.0. The highest BCUT2D eigenvalue weighted by atomic mass is 32.2. The van der Waals surface area contributed by atoms with Gasteiger partial charge in [0.15, 0.2) is 0 Å². The quantitative estimate of drug-likeness (QED) is 0.743. The zero-order valence-corrected chi connectivity index (χ0v) is 12.6. The lowest BCUT2D eigenvalue weighted by molar-refractivity contribution is -0.148. The number of carbonyl (C=O) groups is 2. The average Bonchev–Trinajstić information content (AvgIpc) is 2.78. The number of aliphatic carboxylic acids is 1. The first-order valence-electron chi connectivity index (χ1n) is 6.62. The van der Waals surface area contributed by atoms with Gasteiger partial charge in [-0.2, -0.15) is 11.8 Å². The molecule has 2 N–H and O–H groups in total. The van der Waals surface area contributed by atoms with Crippen molar-refractivity contribution in [3.63, 3.8) is 0 Å². The van der Waals surface area contributed by atoms with E-state index in [0.29, 0.717) is 24.7 Å². The second-order valence-electron chi connectivity index (χ2n) is 5.37. The standard InChI is InChI=1S/C13H23NO4S/c1-9(2)4-6-18-10(3)11(15)14-13(12(16)17)5-7-19-8-13/h9-10H,4-8H2,1-3H3,(H,14,15)(H,16,17). The molecule has 1 aliphatic rings. The molecule has 5 nitrogen and oxygen atoms in total. The number of thioether (sulfide) groups is 1. The number of rotatable bonds is 7. The van der Waals surface area contributed by atoms with Crippen LogP contribution in [0.5, 0.6) is 0 Å². The fraction of sp³-hybridized carbons (Fsp3) is 0.846. The first kappa shape index (κ1) is 16.3. The molecule has 1 saturated heterocycles. The van der Waals surface area contributed by atoms with Crippen molar-refractivity contribution in [1.82, 2.24) is 5.32 Å². The van der Waals surface area contributed by atoms with Crippen LogP contribution >= 0.6 is 11.8 Å². The van der Waals surface area contributed by atoms with Crippen LogP contribution in [0, 0.1) is 5.92 Å². The summed E-state index contributed by atoms with van der Waals surface area (Å²) < 4.78 is 5.44. The number of carboxylic acids is 1. The van der Waals surface area contributed by atoms with E-state index in [0.717, 1.165) is 12.2 Å². The third-order valence-corrected chi connectivity index (χ3v) is 4.42. The average molecular weight is 289 g/mol. The lowest BCUT2D eigenvalue weighted by Gasteiger charge is -2.26. The number of hydrogen-bond donors (Lipinski definition) is 2. The summed E-state index contributed by atoms with van der Waals surface area (Å²) in [5.41, 5.74) is -1.11. The van der Waals surface area contributed by atoms with Gasteiger partial charge in [-0.1, -0.05) is 13.8 Å². The van der Waals surface area contributed by atoms with Crippen LogP contribution in [0.3, 0.4) is 0 Å². The number of nitrogens with one attached hydrogen (secondary N) is 1. The van der Waals surface area contributed by atoms with Crippen LogP contribution in [0.15, 0.2) is 0 Å². The normalized spacial score (nSPS) is 24.4. The molecule has 0 aromatic carbocycles. The smallest absolute Gasteiger partial charge is 0.330 e. The van der Waals surface area contributed by atoms with Gasteiger partial charge in [-0.05, 0) is 31.4 Å². The number of carbonyl (C=O) groups excluding carboxylic acids is 1. The largest absolute Gasteiger partial charge is 0.479 e. The maximum Gasteiger partial charge on any atom is 0.330 e. The van der Waals surface area contributed by atoms with Crippen molar-refractivity contribution in [1.29, 1.82) is 0 Å². The molecule has 0 aliphatic carbocycles. The van der Waals surface area contributed by atoms with Gasteiger partial charge >= 0.3 is 5.97 Å². The molecule has 2 atom stereocenters. The van der Waals surface area contributed by atoms with Gasteiger partial charge < -0.3 is 15.2 Å². The Bertz CT molecular complexity index is 327. The van der Waals surface area contributed by atoms with Crippen LogP contribution in [0.4, 0.5) is 0 Å². The summed E-state index contributed by atoms with van der Waals surface area (Å²) in [6.07, 6.45) is 0.746. The van der Waals surface area contributed by atoms with Crippen molar-refractivity contribution < 1.29 is 19.4 Å². The molecule has 1 heterocycles. The molecule has 6 heteroatoms. The lowest BCUT2D eigenvalue weighted by atomic mass is 9.99. The van der Waals surface area contributed by atoms with Gasteiger partial charge in [0, 0.05) is 12.4 Å². The number of ether oxygens (including phenoxy) is 1. The van der Waals surface area contributed by atoms with E-state index in [1.54, 1.807) is 18.7 Å². The van der Waals surface area contributed by atoms with Crippen LogP contribution in [-0.4, -0.2) is 46.7 Å². The van der Waals surface area contributed by atoms with Crippen LogP contribution in [-0.2, 0) is 14.3 Å². The zero-order chi connectivity index (χ0) is 14.5. The second-order valence-corrected chi connectivity index (χ2v) is 6.48. The van der Waals surface area contributed by atoms with E-state index >= 15 is 0 Å². The first-order valence-corrected chi connectivity index (χ1v) is 7.77. The van der Waals surface area contributed by atoms with Crippen molar-refractivity contribution in [2.75, 3.05) is 18.1 Å². The van der Waals surface area contributed by atoms with E-state index in [1.165, 1.54) is 0 Å². The van der Waals surface area contributed by atoms with E-state index in [4.69, 9.17) is 4.74 Å². The highest BCUT2D eigenvalue weighted by Crippen LogP contribution is 2.28. The second kappa shape index (κ2) is 7.14. The predicted octanol–water partition coefficient (Wildman–Crippen LogP) is 1.51. The van der Waals surface area contributed by atoms with Crippen molar-refractivity contribution in [3.8, 4) is 0 Å². The lowest BCUT2D eigenvalue weighted by Crippen LogP contribution is -2.57. The van der Waals surface area contributed by atoms with Gasteiger partial charge in [0.1, 0.15) is 11.6 Å². The van der Waals surface area contributed by atoms with E-state index in [-0.39, 0.29) is 5.91 Å². The fourth-order valence-electron chi connectivity index (χ4n) is 1.78. The van der Waals surface area contributed by atoms with Gasteiger partial charge in [0.25, 0.3) is 0 Å². The summed E-state index contributed by atoms with van der Waals surface area (Å²) in [6.45, 7) is 6.35. The van der Waals surface area contributed by atoms with Crippen molar-refractivity contribution >= 4 is 23.6 Å². The minimum absolute atomic E-state index is 0.339. The van der Waals surface area contributed by atoms with E-state index in [1.807, 2.05) is 0 Å². The predicted molar refractivity (Wildman–Crippen MR) is 75.3 cm³/mol. The van der Waals surface area contributed by atoms with Crippen LogP contribution in [0.1, 0.15) is 33.6 Å². The summed E-state index contributed by atoms with van der Waals surface area (Å²) >= 11 is 1.55. The third-order valence-electron chi connectivity index (χ3n) is 3.23. The molecular weight excluding hydrogens is 266 g/mol. The maximum absolute atomic E-state index is 12.0. The zero-order valence-electron chi connectivity index (χ0n) is 11.8. The molecule has 1 fully saturated rings. The molecule has 0 bridgehead atoms. The summed E-state index contributed by atoms with van der Waals surface area (Å²) in [7, 11) is 0. The Morgan fingerprint density at radius 1 is 1.42 bits per heavy atom. The molecule has 1 rings (SSSR count). The monoisotopic (exact) mass is 289 g/mol. The number of carboxylic acid groups (broad SMARTS) is 1. The molecule has 19 heavy (non-hydrogen) atoms. The first-order chi connectivity index (χ1) is 8.87. The molecule has 0 aromatic heterocycles. The minimum Gasteiger partial charge on any atom is -0.479 e. The fourth-order valence-corrected chi connectivity index (χ4v) is 3.10. The SMILES string of the molecule is CC(C)CCOC(C)C(=O)NC1(C(=O)O)CCSC1. The Hall–Kier alpha value is -0.750. The Kier molecular flexibility index (Phi) is 6.13. The number of hydrogen-bond acceptors (Lipinski definition) is 4. The molecule has 0 aromatic rings. The van der Waals surface area contributed by atoms with Crippen molar-refractivity contribution in [2.45, 2.75) is 45.3 Å². The van der Waals surface area contributed by atoms with E-state index < -0.39 is 17.6 Å². The molecule has 2 unspecified atom stereocenters. The molecule has 110 valence electrons. The molecule has 0 saturated carbocycles. The van der Waals surface area contributed by atoms with Gasteiger partial charge in [-0.25, -0.2) is 4.79 Å². The van der Waals surface area contributed by atoms with E-state index in [2.05, 4.69) is 19.2 Å². The summed E-state index contributed by atoms with van der Waals surface area (Å²) in [6, 6.07) is 0. The minimum atomic E-state index is -1.11. The number of amides is 1. The molecular formula is C13H23NO4S. The van der Waals surface area contributed by atoms with Gasteiger partial charge in [-0.3, -0.25) is 4.79 Å². The highest BCUT2D eigenvalue weighted by molar-refractivity contribution is 7.99. The molecule has 0 radical (unpaired) electrons. The van der Waals surface area contributed by atoms with Gasteiger partial charge in [-0.15, -0.1) is 0 Å². The Morgan fingerprint density at radius 3 is 2.58 bits per heavy atom. The van der Waals surface area contributed by atoms with Crippen LogP contribution in [0.25, 0.3) is 0 Å². The van der Waals surface area contributed by atoms with Crippen LogP contribution < -0.4 is 5.32 Å². The summed E-state index contributed by atoms with van der Waals surface area (Å²) in [5.74, 6) is 0.405. The molecule has 1 aliphatic heterocycles. The third kappa shape index (κ3) is 4.69. The topological polar surface area (TPSA) is 75.6 Å². The Morgan fingerprint density at radius 2 is 2.11 bits per heavy atom. The molecule has 1 amide bonds. The highest BCUT2D eigenvalue weighted by Gasteiger charge is 2.43. The van der Waals surface area contributed by atoms with Crippen LogP contribution in [0.2, 0.25) is 0 Å². The Balaban J connectivity index is 2.46. The van der Waals surface area contributed by atoms with Gasteiger partial charge in [0.05, 0.1) is 0 Å². The van der Waals surface area contributed by atoms with Gasteiger partial charge in [0.2, 0.25) is 5.91 Å².